The third-order valence-corrected chi connectivity index (χ3v) is 9.69. The van der Waals surface area contributed by atoms with Crippen LogP contribution in [0.2, 0.25) is 0 Å². The van der Waals surface area contributed by atoms with E-state index < -0.39 is 5.97 Å². The first-order valence-corrected chi connectivity index (χ1v) is 15.7. The van der Waals surface area contributed by atoms with Crippen LogP contribution >= 0.6 is 0 Å². The predicted octanol–water partition coefficient (Wildman–Crippen LogP) is 8.64. The molecule has 0 radical (unpaired) electrons. The molecule has 1 atom stereocenters. The molecule has 1 spiro atoms. The van der Waals surface area contributed by atoms with Gasteiger partial charge in [0, 0.05) is 47.4 Å². The Bertz CT molecular complexity index is 1290. The highest BCUT2D eigenvalue weighted by atomic mass is 16.4. The summed E-state index contributed by atoms with van der Waals surface area (Å²) in [4.78, 5) is 11.0. The Morgan fingerprint density at radius 3 is 2.70 bits per heavy atom. The second-order valence-corrected chi connectivity index (χ2v) is 12.3. The maximum Gasteiger partial charge on any atom is 0.303 e. The standard InChI is InChI=1S/C36H46N2O2/c1-3-4-24-35(2)28-17-10-12-19-30(28)37-32(35)21-7-5-8-22-33-36(25-14-15-26-36)29-18-11-13-20-31(29)38(33)27-16-6-9-23-34(39)40/h5,7-8,11-13,18-22H,3-4,6,9-10,14-17,23-27H2,1-2H3,(H,39,40)/p+1. The summed E-state index contributed by atoms with van der Waals surface area (Å²) in [6, 6.07) is 8.96. The van der Waals surface area contributed by atoms with Crippen molar-refractivity contribution in [1.82, 2.24) is 5.32 Å². The maximum absolute atomic E-state index is 11.0. The van der Waals surface area contributed by atoms with Gasteiger partial charge in [-0.2, -0.15) is 4.58 Å². The van der Waals surface area contributed by atoms with Gasteiger partial charge in [-0.3, -0.25) is 4.79 Å². The maximum atomic E-state index is 11.0. The molecule has 1 aromatic rings. The highest BCUT2D eigenvalue weighted by Crippen LogP contribution is 2.51. The first-order chi connectivity index (χ1) is 19.5. The zero-order valence-electron chi connectivity index (χ0n) is 24.6. The van der Waals surface area contributed by atoms with E-state index in [9.17, 15) is 4.79 Å². The fourth-order valence-corrected chi connectivity index (χ4v) is 7.56. The zero-order valence-corrected chi connectivity index (χ0v) is 24.6. The van der Waals surface area contributed by atoms with E-state index in [0.717, 1.165) is 38.6 Å². The molecule has 1 saturated carbocycles. The van der Waals surface area contributed by atoms with Crippen LogP contribution in [0.3, 0.4) is 0 Å². The number of carboxylic acid groups (broad SMARTS) is 1. The smallest absolute Gasteiger partial charge is 0.303 e. The first-order valence-electron chi connectivity index (χ1n) is 15.7. The number of hydrogen-bond acceptors (Lipinski definition) is 2. The number of rotatable bonds is 12. The minimum atomic E-state index is -0.695. The monoisotopic (exact) mass is 539 g/mol. The lowest BCUT2D eigenvalue weighted by Gasteiger charge is -2.29. The van der Waals surface area contributed by atoms with Crippen LogP contribution in [-0.4, -0.2) is 27.9 Å². The highest BCUT2D eigenvalue weighted by molar-refractivity contribution is 6.04. The Morgan fingerprint density at radius 1 is 1.07 bits per heavy atom. The lowest BCUT2D eigenvalue weighted by Crippen LogP contribution is -2.31. The van der Waals surface area contributed by atoms with Gasteiger partial charge in [-0.05, 0) is 62.7 Å². The van der Waals surface area contributed by atoms with Gasteiger partial charge in [0.1, 0.15) is 6.54 Å². The third kappa shape index (κ3) is 5.55. The van der Waals surface area contributed by atoms with E-state index >= 15 is 0 Å². The van der Waals surface area contributed by atoms with Gasteiger partial charge >= 0.3 is 5.97 Å². The SMILES string of the molecule is CCCCC1(C)C2=C(C=CCC2)N\C1=C/C=C/C=C/C1=[N+](CCCCCC(=O)O)c2ccccc2C12CCCC2. The van der Waals surface area contributed by atoms with E-state index in [-0.39, 0.29) is 17.3 Å². The van der Waals surface area contributed by atoms with Crippen LogP contribution in [-0.2, 0) is 10.2 Å². The van der Waals surface area contributed by atoms with Gasteiger partial charge in [0.15, 0.2) is 5.71 Å². The van der Waals surface area contributed by atoms with Crippen LogP contribution in [0, 0.1) is 5.41 Å². The molecule has 212 valence electrons. The summed E-state index contributed by atoms with van der Waals surface area (Å²) in [5, 5.41) is 12.8. The number of allylic oxidation sites excluding steroid dienone is 8. The molecule has 2 aliphatic heterocycles. The summed E-state index contributed by atoms with van der Waals surface area (Å²) in [5.74, 6) is -0.695. The van der Waals surface area contributed by atoms with Gasteiger partial charge in [0.2, 0.25) is 5.69 Å². The van der Waals surface area contributed by atoms with Crippen molar-refractivity contribution in [2.75, 3.05) is 6.54 Å². The average molecular weight is 540 g/mol. The van der Waals surface area contributed by atoms with Crippen LogP contribution in [0.4, 0.5) is 5.69 Å². The molecule has 2 N–H and O–H groups in total. The summed E-state index contributed by atoms with van der Waals surface area (Å²) in [6.07, 6.45) is 29.8. The van der Waals surface area contributed by atoms with Crippen molar-refractivity contribution in [3.63, 3.8) is 0 Å². The third-order valence-electron chi connectivity index (χ3n) is 9.69. The lowest BCUT2D eigenvalue weighted by atomic mass is 9.74. The molecule has 5 rings (SSSR count). The lowest BCUT2D eigenvalue weighted by molar-refractivity contribution is -0.438. The molecule has 2 heterocycles. The number of carbonyl (C=O) groups is 1. The first kappa shape index (κ1) is 28.4. The van der Waals surface area contributed by atoms with Crippen LogP contribution < -0.4 is 5.32 Å². The largest absolute Gasteiger partial charge is 0.481 e. The average Bonchev–Trinajstić information content (AvgIpc) is 3.63. The van der Waals surface area contributed by atoms with Crippen molar-refractivity contribution in [3.05, 3.63) is 89.3 Å². The summed E-state index contributed by atoms with van der Waals surface area (Å²) < 4.78 is 2.54. The molecule has 2 aliphatic carbocycles. The molecule has 1 unspecified atom stereocenters. The fourth-order valence-electron chi connectivity index (χ4n) is 7.56. The Kier molecular flexibility index (Phi) is 8.93. The molecule has 0 saturated heterocycles. The van der Waals surface area contributed by atoms with Gasteiger partial charge in [0.25, 0.3) is 0 Å². The van der Waals surface area contributed by atoms with Gasteiger partial charge < -0.3 is 10.4 Å². The molecule has 0 amide bonds. The number of para-hydroxylation sites is 1. The Labute approximate surface area is 241 Å². The minimum Gasteiger partial charge on any atom is -0.481 e. The van der Waals surface area contributed by atoms with Crippen LogP contribution in [0.5, 0.6) is 0 Å². The van der Waals surface area contributed by atoms with Gasteiger partial charge in [-0.15, -0.1) is 0 Å². The number of benzene rings is 1. The molecule has 0 aromatic heterocycles. The van der Waals surface area contributed by atoms with Crippen molar-refractivity contribution >= 4 is 17.4 Å². The van der Waals surface area contributed by atoms with Crippen LogP contribution in [0.15, 0.2) is 83.8 Å². The number of nitrogens with zero attached hydrogens (tertiary/aromatic N) is 1. The van der Waals surface area contributed by atoms with Crippen LogP contribution in [0.25, 0.3) is 0 Å². The topological polar surface area (TPSA) is 52.3 Å². The van der Waals surface area contributed by atoms with Crippen molar-refractivity contribution in [3.8, 4) is 0 Å². The van der Waals surface area contributed by atoms with Crippen molar-refractivity contribution in [2.45, 2.75) is 103 Å². The molecule has 4 aliphatic rings. The molecular formula is C36H47N2O2+. The highest BCUT2D eigenvalue weighted by Gasteiger charge is 2.52. The summed E-state index contributed by atoms with van der Waals surface area (Å²) in [6.45, 7) is 5.65. The minimum absolute atomic E-state index is 0.108. The normalized spacial score (nSPS) is 24.2. The van der Waals surface area contributed by atoms with E-state index in [4.69, 9.17) is 5.11 Å². The second-order valence-electron chi connectivity index (χ2n) is 12.3. The molecule has 0 bridgehead atoms. The van der Waals surface area contributed by atoms with E-state index in [0.29, 0.717) is 0 Å². The van der Waals surface area contributed by atoms with Gasteiger partial charge in [0.05, 0.1) is 5.41 Å². The number of carboxylic acids is 1. The van der Waals surface area contributed by atoms with E-state index in [1.54, 1.807) is 5.57 Å². The van der Waals surface area contributed by atoms with E-state index in [1.807, 2.05) is 0 Å². The van der Waals surface area contributed by atoms with E-state index in [2.05, 4.69) is 90.5 Å². The fraction of sp³-hybridized carbons (Fsp3) is 0.500. The number of fused-ring (bicyclic) bond motifs is 2. The van der Waals surface area contributed by atoms with Crippen molar-refractivity contribution in [2.24, 2.45) is 5.41 Å². The number of hydrogen-bond donors (Lipinski definition) is 2. The molecule has 4 heteroatoms. The Morgan fingerprint density at radius 2 is 1.90 bits per heavy atom. The molecular weight excluding hydrogens is 492 g/mol. The second kappa shape index (κ2) is 12.6. The van der Waals surface area contributed by atoms with Gasteiger partial charge in [-0.25, -0.2) is 0 Å². The summed E-state index contributed by atoms with van der Waals surface area (Å²) in [7, 11) is 0. The van der Waals surface area contributed by atoms with Crippen molar-refractivity contribution < 1.29 is 14.5 Å². The number of nitrogens with one attached hydrogen (secondary N) is 1. The number of aliphatic carboxylic acids is 1. The summed E-state index contributed by atoms with van der Waals surface area (Å²) in [5.41, 5.74) is 8.71. The van der Waals surface area contributed by atoms with Gasteiger partial charge in [-0.1, -0.05) is 82.0 Å². The van der Waals surface area contributed by atoms with Crippen molar-refractivity contribution in [1.29, 1.82) is 0 Å². The van der Waals surface area contributed by atoms with E-state index in [1.165, 1.54) is 73.3 Å². The Balaban J connectivity index is 1.37. The zero-order chi connectivity index (χ0) is 28.0. The molecule has 1 aromatic carbocycles. The summed E-state index contributed by atoms with van der Waals surface area (Å²) >= 11 is 0. The molecule has 40 heavy (non-hydrogen) atoms. The predicted molar refractivity (Wildman–Crippen MR) is 165 cm³/mol. The molecule has 1 fully saturated rings. The number of unbranched alkanes of at least 4 members (excludes halogenated alkanes) is 3. The quantitative estimate of drug-likeness (QED) is 0.159. The Hall–Kier alpha value is -3.14. The van der Waals surface area contributed by atoms with Crippen LogP contribution in [0.1, 0.15) is 103 Å². The molecule has 4 nitrogen and oxygen atoms in total.